The molecule has 2 heterocycles. The quantitative estimate of drug-likeness (QED) is 0.722. The molecule has 0 aliphatic heterocycles. The lowest BCUT2D eigenvalue weighted by Crippen LogP contribution is -2.32. The minimum atomic E-state index is -1.12. The van der Waals surface area contributed by atoms with Gasteiger partial charge in [-0.3, -0.25) is 9.59 Å². The van der Waals surface area contributed by atoms with Crippen molar-refractivity contribution in [2.24, 2.45) is 0 Å². The zero-order chi connectivity index (χ0) is 17.0. The van der Waals surface area contributed by atoms with Gasteiger partial charge in [-0.05, 0) is 18.4 Å². The second kappa shape index (κ2) is 7.14. The fraction of sp³-hybridized carbons (Fsp3) is 0.357. The van der Waals surface area contributed by atoms with Gasteiger partial charge in [-0.25, -0.2) is 14.9 Å². The van der Waals surface area contributed by atoms with Crippen LogP contribution in [0.4, 0.5) is 0 Å². The van der Waals surface area contributed by atoms with Gasteiger partial charge in [0.1, 0.15) is 10.6 Å². The zero-order valence-corrected chi connectivity index (χ0v) is 13.5. The van der Waals surface area contributed by atoms with Crippen molar-refractivity contribution in [3.05, 3.63) is 43.3 Å². The predicted molar refractivity (Wildman–Crippen MR) is 83.9 cm³/mol. The van der Waals surface area contributed by atoms with Crippen LogP contribution in [0.15, 0.2) is 10.2 Å². The van der Waals surface area contributed by atoms with Crippen molar-refractivity contribution < 1.29 is 14.7 Å². The Bertz CT molecular complexity index is 796. The first kappa shape index (κ1) is 16.8. The van der Waals surface area contributed by atoms with E-state index in [0.29, 0.717) is 29.1 Å². The third-order valence-corrected chi connectivity index (χ3v) is 4.10. The fourth-order valence-electron chi connectivity index (χ4n) is 2.17. The molecule has 8 nitrogen and oxygen atoms in total. The van der Waals surface area contributed by atoms with Gasteiger partial charge in [-0.2, -0.15) is 5.10 Å². The van der Waals surface area contributed by atoms with Crippen LogP contribution >= 0.6 is 11.3 Å². The summed E-state index contributed by atoms with van der Waals surface area (Å²) >= 11 is 1.13. The van der Waals surface area contributed by atoms with Crippen LogP contribution in [0.25, 0.3) is 0 Å². The number of nitrogens with one attached hydrogen (secondary N) is 2. The van der Waals surface area contributed by atoms with Gasteiger partial charge in [0.05, 0.1) is 12.2 Å². The highest BCUT2D eigenvalue weighted by atomic mass is 32.1. The van der Waals surface area contributed by atoms with Gasteiger partial charge < -0.3 is 10.4 Å². The summed E-state index contributed by atoms with van der Waals surface area (Å²) in [5.41, 5.74) is 0.749. The number of hydrogen-bond donors (Lipinski definition) is 3. The van der Waals surface area contributed by atoms with Crippen LogP contribution in [0.5, 0.6) is 0 Å². The fourth-order valence-corrected chi connectivity index (χ4v) is 2.88. The molecule has 0 atom stereocenters. The van der Waals surface area contributed by atoms with Gasteiger partial charge in [0.25, 0.3) is 11.5 Å². The minimum Gasteiger partial charge on any atom is -0.476 e. The Kier molecular flexibility index (Phi) is 5.22. The summed E-state index contributed by atoms with van der Waals surface area (Å²) in [6.45, 7) is 3.81. The molecule has 122 valence electrons. The Hall–Kier alpha value is -2.55. The molecule has 0 aromatic carbocycles. The molecular formula is C14H16N4O4S. The van der Waals surface area contributed by atoms with Crippen LogP contribution in [0.2, 0.25) is 0 Å². The highest BCUT2D eigenvalue weighted by Crippen LogP contribution is 2.12. The molecule has 9 heteroatoms. The van der Waals surface area contributed by atoms with E-state index >= 15 is 0 Å². The number of amides is 1. The Morgan fingerprint density at radius 3 is 2.65 bits per heavy atom. The molecule has 0 spiro atoms. The van der Waals surface area contributed by atoms with Gasteiger partial charge in [0.15, 0.2) is 5.69 Å². The average molecular weight is 336 g/mol. The van der Waals surface area contributed by atoms with Crippen molar-refractivity contribution in [2.75, 3.05) is 0 Å². The number of aromatic carboxylic acids is 1. The largest absolute Gasteiger partial charge is 0.476 e. The minimum absolute atomic E-state index is 0.0503. The summed E-state index contributed by atoms with van der Waals surface area (Å²) in [5.74, 6) is -1.64. The Labute approximate surface area is 135 Å². The molecule has 1 amide bonds. The predicted octanol–water partition coefficient (Wildman–Crippen LogP) is 0.979. The van der Waals surface area contributed by atoms with E-state index in [0.717, 1.165) is 11.3 Å². The molecule has 2 aromatic heterocycles. The molecule has 0 aliphatic carbocycles. The summed E-state index contributed by atoms with van der Waals surface area (Å²) in [4.78, 5) is 38.9. The molecule has 0 saturated carbocycles. The van der Waals surface area contributed by atoms with Gasteiger partial charge >= 0.3 is 5.97 Å². The number of rotatable bonds is 6. The normalized spacial score (nSPS) is 10.5. The topological polar surface area (TPSA) is 125 Å². The second-order valence-corrected chi connectivity index (χ2v) is 5.62. The number of aromatic amines is 1. The monoisotopic (exact) mass is 336 g/mol. The van der Waals surface area contributed by atoms with Crippen LogP contribution in [0.3, 0.4) is 0 Å². The third kappa shape index (κ3) is 3.62. The van der Waals surface area contributed by atoms with Crippen LogP contribution in [-0.2, 0) is 19.4 Å². The van der Waals surface area contributed by atoms with Gasteiger partial charge in [0.2, 0.25) is 0 Å². The molecule has 0 aliphatic rings. The van der Waals surface area contributed by atoms with Crippen LogP contribution in [0.1, 0.15) is 51.0 Å². The number of carbonyl (C=O) groups excluding carboxylic acids is 1. The first-order chi connectivity index (χ1) is 11.0. The van der Waals surface area contributed by atoms with E-state index in [4.69, 9.17) is 5.11 Å². The van der Waals surface area contributed by atoms with E-state index in [1.165, 1.54) is 5.38 Å². The first-order valence-electron chi connectivity index (χ1n) is 7.04. The maximum atomic E-state index is 12.3. The molecule has 0 bridgehead atoms. The molecule has 0 unspecified atom stereocenters. The molecule has 0 fully saturated rings. The number of aryl methyl sites for hydroxylation is 1. The van der Waals surface area contributed by atoms with Crippen molar-refractivity contribution in [3.8, 4) is 0 Å². The van der Waals surface area contributed by atoms with E-state index in [9.17, 15) is 14.4 Å². The lowest BCUT2D eigenvalue weighted by atomic mass is 10.0. The summed E-state index contributed by atoms with van der Waals surface area (Å²) in [6.07, 6.45) is 1.12. The molecule has 23 heavy (non-hydrogen) atoms. The molecule has 3 N–H and O–H groups in total. The number of carbonyl (C=O) groups is 2. The van der Waals surface area contributed by atoms with E-state index in [1.54, 1.807) is 0 Å². The molecule has 0 saturated heterocycles. The van der Waals surface area contributed by atoms with Crippen LogP contribution < -0.4 is 10.9 Å². The van der Waals surface area contributed by atoms with Gasteiger partial charge in [-0.15, -0.1) is 11.3 Å². The first-order valence-corrected chi connectivity index (χ1v) is 7.92. The van der Waals surface area contributed by atoms with Gasteiger partial charge in [-0.1, -0.05) is 13.8 Å². The number of carboxylic acids is 1. The third-order valence-electron chi connectivity index (χ3n) is 3.26. The van der Waals surface area contributed by atoms with E-state index in [-0.39, 0.29) is 17.8 Å². The molecule has 2 rings (SSSR count). The summed E-state index contributed by atoms with van der Waals surface area (Å²) in [7, 11) is 0. The Balaban J connectivity index is 2.20. The van der Waals surface area contributed by atoms with E-state index in [2.05, 4.69) is 20.5 Å². The SMILES string of the molecule is CCc1n[nH]c(=O)c(C(=O)NCc2nc(C(=O)O)cs2)c1CC. The maximum Gasteiger partial charge on any atom is 0.355 e. The van der Waals surface area contributed by atoms with Crippen molar-refractivity contribution in [1.82, 2.24) is 20.5 Å². The van der Waals surface area contributed by atoms with Crippen molar-refractivity contribution in [1.29, 1.82) is 0 Å². The summed E-state index contributed by atoms with van der Waals surface area (Å²) in [6, 6.07) is 0. The smallest absolute Gasteiger partial charge is 0.355 e. The maximum absolute atomic E-state index is 12.3. The number of aromatic nitrogens is 3. The lowest BCUT2D eigenvalue weighted by molar-refractivity contribution is 0.0691. The van der Waals surface area contributed by atoms with Crippen molar-refractivity contribution in [3.63, 3.8) is 0 Å². The number of carboxylic acid groups (broad SMARTS) is 1. The number of nitrogens with zero attached hydrogens (tertiary/aromatic N) is 2. The van der Waals surface area contributed by atoms with Crippen LogP contribution in [-0.4, -0.2) is 32.2 Å². The Morgan fingerprint density at radius 1 is 1.35 bits per heavy atom. The van der Waals surface area contributed by atoms with Crippen LogP contribution in [0, 0.1) is 0 Å². The van der Waals surface area contributed by atoms with Crippen molar-refractivity contribution in [2.45, 2.75) is 33.2 Å². The highest BCUT2D eigenvalue weighted by molar-refractivity contribution is 7.09. The summed E-state index contributed by atoms with van der Waals surface area (Å²) in [5, 5.41) is 19.6. The highest BCUT2D eigenvalue weighted by Gasteiger charge is 2.19. The lowest BCUT2D eigenvalue weighted by Gasteiger charge is -2.10. The van der Waals surface area contributed by atoms with E-state index < -0.39 is 17.4 Å². The molecule has 0 radical (unpaired) electrons. The molecule has 2 aromatic rings. The zero-order valence-electron chi connectivity index (χ0n) is 12.7. The second-order valence-electron chi connectivity index (χ2n) is 4.67. The summed E-state index contributed by atoms with van der Waals surface area (Å²) < 4.78 is 0. The standard InChI is InChI=1S/C14H16N4O4S/c1-3-7-8(4-2)17-18-13(20)11(7)12(19)15-5-10-16-9(6-23-10)14(21)22/h6H,3-5H2,1-2H3,(H,15,19)(H,18,20)(H,21,22). The number of H-pyrrole nitrogens is 1. The average Bonchev–Trinajstić information content (AvgIpc) is 3.01. The number of hydrogen-bond acceptors (Lipinski definition) is 6. The molecular weight excluding hydrogens is 320 g/mol. The van der Waals surface area contributed by atoms with E-state index in [1.807, 2.05) is 13.8 Å². The van der Waals surface area contributed by atoms with Crippen molar-refractivity contribution >= 4 is 23.2 Å². The Morgan fingerprint density at radius 2 is 2.09 bits per heavy atom. The number of thiazole rings is 1. The van der Waals surface area contributed by atoms with Gasteiger partial charge in [0, 0.05) is 5.38 Å².